The van der Waals surface area contributed by atoms with Gasteiger partial charge in [-0.2, -0.15) is 0 Å². The normalized spacial score (nSPS) is 10.1. The Bertz CT molecular complexity index is 587. The summed E-state index contributed by atoms with van der Waals surface area (Å²) in [7, 11) is 0. The van der Waals surface area contributed by atoms with Gasteiger partial charge in [-0.3, -0.25) is 4.79 Å². The molecule has 86 valence electrons. The minimum atomic E-state index is -1.29. The largest absolute Gasteiger partial charge is 0.545 e. The number of carboxylic acids is 1. The van der Waals surface area contributed by atoms with Crippen molar-refractivity contribution in [2.75, 3.05) is 0 Å². The van der Waals surface area contributed by atoms with Gasteiger partial charge in [0.2, 0.25) is 0 Å². The second-order valence-corrected chi connectivity index (χ2v) is 3.66. The molecule has 4 nitrogen and oxygen atoms in total. The molecule has 0 unspecified atom stereocenters. The van der Waals surface area contributed by atoms with Crippen molar-refractivity contribution < 1.29 is 9.90 Å². The monoisotopic (exact) mass is 228 g/mol. The van der Waals surface area contributed by atoms with Crippen LogP contribution in [-0.4, -0.2) is 10.5 Å². The van der Waals surface area contributed by atoms with Crippen molar-refractivity contribution in [1.82, 2.24) is 4.57 Å². The number of aromatic carboxylic acids is 1. The van der Waals surface area contributed by atoms with Crippen molar-refractivity contribution in [3.8, 4) is 0 Å². The molecule has 0 aliphatic carbocycles. The molecule has 0 saturated carbocycles. The molecule has 0 bridgehead atoms. The van der Waals surface area contributed by atoms with Gasteiger partial charge in [-0.15, -0.1) is 0 Å². The van der Waals surface area contributed by atoms with Gasteiger partial charge >= 0.3 is 0 Å². The van der Waals surface area contributed by atoms with E-state index in [1.54, 1.807) is 0 Å². The predicted molar refractivity (Wildman–Crippen MR) is 60.6 cm³/mol. The first-order valence-corrected chi connectivity index (χ1v) is 5.12. The van der Waals surface area contributed by atoms with E-state index >= 15 is 0 Å². The number of rotatable bonds is 3. The highest BCUT2D eigenvalue weighted by Crippen LogP contribution is 2.01. The Kier molecular flexibility index (Phi) is 3.05. The molecule has 0 radical (unpaired) electrons. The van der Waals surface area contributed by atoms with E-state index in [-0.39, 0.29) is 11.1 Å². The lowest BCUT2D eigenvalue weighted by Gasteiger charge is -2.08. The highest BCUT2D eigenvalue weighted by molar-refractivity contribution is 5.85. The van der Waals surface area contributed by atoms with Crippen molar-refractivity contribution in [2.45, 2.75) is 6.54 Å². The lowest BCUT2D eigenvalue weighted by Crippen LogP contribution is -2.26. The van der Waals surface area contributed by atoms with E-state index in [0.717, 1.165) is 5.56 Å². The van der Waals surface area contributed by atoms with Crippen molar-refractivity contribution in [3.63, 3.8) is 0 Å². The minimum Gasteiger partial charge on any atom is -0.545 e. The maximum atomic E-state index is 11.5. The lowest BCUT2D eigenvalue weighted by molar-refractivity contribution is -0.255. The van der Waals surface area contributed by atoms with Crippen molar-refractivity contribution in [1.29, 1.82) is 0 Å². The Balaban J connectivity index is 2.36. The first-order chi connectivity index (χ1) is 8.16. The van der Waals surface area contributed by atoms with E-state index in [2.05, 4.69) is 0 Å². The number of nitrogens with zero attached hydrogens (tertiary/aromatic N) is 1. The second kappa shape index (κ2) is 4.65. The first kappa shape index (κ1) is 11.1. The summed E-state index contributed by atoms with van der Waals surface area (Å²) in [6.07, 6.45) is 1.30. The molecule has 17 heavy (non-hydrogen) atoms. The lowest BCUT2D eigenvalue weighted by atomic mass is 10.2. The summed E-state index contributed by atoms with van der Waals surface area (Å²) < 4.78 is 1.35. The van der Waals surface area contributed by atoms with Gasteiger partial charge in [0.05, 0.1) is 12.5 Å². The van der Waals surface area contributed by atoms with Gasteiger partial charge in [0.1, 0.15) is 0 Å². The van der Waals surface area contributed by atoms with Crippen LogP contribution in [0, 0.1) is 0 Å². The van der Waals surface area contributed by atoms with Gasteiger partial charge < -0.3 is 14.5 Å². The fourth-order valence-electron chi connectivity index (χ4n) is 1.56. The molecule has 0 spiro atoms. The molecule has 0 atom stereocenters. The summed E-state index contributed by atoms with van der Waals surface area (Å²) in [5.41, 5.74) is 0.699. The SMILES string of the molecule is O=C([O-])c1ccc(=O)n(Cc2ccccc2)c1. The van der Waals surface area contributed by atoms with Crippen LogP contribution >= 0.6 is 0 Å². The van der Waals surface area contributed by atoms with E-state index in [1.807, 2.05) is 30.3 Å². The Morgan fingerprint density at radius 2 is 1.82 bits per heavy atom. The quantitative estimate of drug-likeness (QED) is 0.757. The van der Waals surface area contributed by atoms with Gasteiger partial charge in [-0.25, -0.2) is 0 Å². The molecule has 2 rings (SSSR count). The maximum Gasteiger partial charge on any atom is 0.250 e. The van der Waals surface area contributed by atoms with Crippen LogP contribution in [0.3, 0.4) is 0 Å². The Hall–Kier alpha value is -2.36. The number of aromatic nitrogens is 1. The van der Waals surface area contributed by atoms with Crippen LogP contribution in [0.1, 0.15) is 15.9 Å². The van der Waals surface area contributed by atoms with Crippen LogP contribution < -0.4 is 10.7 Å². The number of benzene rings is 1. The molecule has 1 heterocycles. The highest BCUT2D eigenvalue weighted by Gasteiger charge is 2.00. The fraction of sp³-hybridized carbons (Fsp3) is 0.0769. The number of hydrogen-bond donors (Lipinski definition) is 0. The first-order valence-electron chi connectivity index (χ1n) is 5.12. The van der Waals surface area contributed by atoms with Gasteiger partial charge in [-0.05, 0) is 11.6 Å². The van der Waals surface area contributed by atoms with Gasteiger partial charge in [-0.1, -0.05) is 30.3 Å². The number of hydrogen-bond acceptors (Lipinski definition) is 3. The van der Waals surface area contributed by atoms with Crippen LogP contribution in [0.15, 0.2) is 53.5 Å². The maximum absolute atomic E-state index is 11.5. The van der Waals surface area contributed by atoms with E-state index in [9.17, 15) is 14.7 Å². The standard InChI is InChI=1S/C13H11NO3/c15-12-7-6-11(13(16)17)9-14(12)8-10-4-2-1-3-5-10/h1-7,9H,8H2,(H,16,17)/p-1. The van der Waals surface area contributed by atoms with Crippen LogP contribution in [0.25, 0.3) is 0 Å². The number of pyridine rings is 1. The molecule has 0 aliphatic rings. The third-order valence-corrected chi connectivity index (χ3v) is 2.41. The smallest absolute Gasteiger partial charge is 0.250 e. The zero-order valence-electron chi connectivity index (χ0n) is 9.00. The van der Waals surface area contributed by atoms with Crippen molar-refractivity contribution >= 4 is 5.97 Å². The molecule has 0 aliphatic heterocycles. The fourth-order valence-corrected chi connectivity index (χ4v) is 1.56. The van der Waals surface area contributed by atoms with Gasteiger partial charge in [0, 0.05) is 17.8 Å². The average Bonchev–Trinajstić information content (AvgIpc) is 2.33. The number of carboxylic acid groups (broad SMARTS) is 1. The van der Waals surface area contributed by atoms with Crippen LogP contribution in [0.2, 0.25) is 0 Å². The van der Waals surface area contributed by atoms with Crippen LogP contribution in [0.4, 0.5) is 0 Å². The van der Waals surface area contributed by atoms with Crippen LogP contribution in [0.5, 0.6) is 0 Å². The molecule has 1 aromatic carbocycles. The Morgan fingerprint density at radius 3 is 2.47 bits per heavy atom. The van der Waals surface area contributed by atoms with E-state index in [1.165, 1.54) is 22.9 Å². The van der Waals surface area contributed by atoms with Crippen LogP contribution in [-0.2, 0) is 6.54 Å². The third kappa shape index (κ3) is 2.60. The zero-order chi connectivity index (χ0) is 12.3. The van der Waals surface area contributed by atoms with E-state index < -0.39 is 5.97 Å². The summed E-state index contributed by atoms with van der Waals surface area (Å²) in [4.78, 5) is 22.2. The average molecular weight is 228 g/mol. The molecule has 1 aromatic heterocycles. The molecule has 0 amide bonds. The molecule has 4 heteroatoms. The number of carbonyl (C=O) groups excluding carboxylic acids is 1. The molecule has 0 saturated heterocycles. The van der Waals surface area contributed by atoms with Crippen molar-refractivity contribution in [3.05, 3.63) is 70.1 Å². The highest BCUT2D eigenvalue weighted by atomic mass is 16.4. The third-order valence-electron chi connectivity index (χ3n) is 2.41. The summed E-state index contributed by atoms with van der Waals surface area (Å²) in [6, 6.07) is 11.8. The zero-order valence-corrected chi connectivity index (χ0v) is 9.00. The second-order valence-electron chi connectivity index (χ2n) is 3.66. The molecular weight excluding hydrogens is 218 g/mol. The summed E-state index contributed by atoms with van der Waals surface area (Å²) >= 11 is 0. The van der Waals surface area contributed by atoms with E-state index in [4.69, 9.17) is 0 Å². The summed E-state index contributed by atoms with van der Waals surface area (Å²) in [5, 5.41) is 10.7. The van der Waals surface area contributed by atoms with E-state index in [0.29, 0.717) is 6.54 Å². The van der Waals surface area contributed by atoms with Crippen molar-refractivity contribution in [2.24, 2.45) is 0 Å². The van der Waals surface area contributed by atoms with Gasteiger partial charge in [0.25, 0.3) is 5.56 Å². The Morgan fingerprint density at radius 1 is 1.12 bits per heavy atom. The van der Waals surface area contributed by atoms with Gasteiger partial charge in [0.15, 0.2) is 0 Å². The predicted octanol–water partition coefficient (Wildman–Crippen LogP) is 0.260. The molecule has 0 fully saturated rings. The topological polar surface area (TPSA) is 62.1 Å². The molecule has 0 N–H and O–H groups in total. The summed E-state index contributed by atoms with van der Waals surface area (Å²) in [6.45, 7) is 0.348. The number of carbonyl (C=O) groups is 1. The molecule has 2 aromatic rings. The Labute approximate surface area is 97.8 Å². The summed E-state index contributed by atoms with van der Waals surface area (Å²) in [5.74, 6) is -1.29. The minimum absolute atomic E-state index is 0.000492. The molecular formula is C13H10NO3-.